The van der Waals surface area contributed by atoms with E-state index >= 15 is 0 Å². The Morgan fingerprint density at radius 2 is 1.87 bits per heavy atom. The van der Waals surface area contributed by atoms with Crippen molar-refractivity contribution in [1.82, 2.24) is 0 Å². The molecule has 23 heavy (non-hydrogen) atoms. The van der Waals surface area contributed by atoms with Crippen molar-refractivity contribution in [3.05, 3.63) is 45.8 Å². The molecule has 0 bridgehead atoms. The monoisotopic (exact) mass is 348 g/mol. The molecular formula is C16H16N2O3S2. The number of nitriles is 1. The molecule has 7 heteroatoms. The highest BCUT2D eigenvalue weighted by Gasteiger charge is 2.15. The Kier molecular flexibility index (Phi) is 4.88. The van der Waals surface area contributed by atoms with Gasteiger partial charge in [-0.15, -0.1) is 11.3 Å². The van der Waals surface area contributed by atoms with Gasteiger partial charge in [0, 0.05) is 11.1 Å². The molecule has 0 spiro atoms. The van der Waals surface area contributed by atoms with Crippen LogP contribution in [0.3, 0.4) is 0 Å². The van der Waals surface area contributed by atoms with Crippen LogP contribution in [0.1, 0.15) is 21.6 Å². The van der Waals surface area contributed by atoms with Crippen molar-refractivity contribution in [2.24, 2.45) is 0 Å². The van der Waals surface area contributed by atoms with Crippen molar-refractivity contribution >= 4 is 32.1 Å². The lowest BCUT2D eigenvalue weighted by Gasteiger charge is -2.05. The normalized spacial score (nSPS) is 11.0. The first kappa shape index (κ1) is 17.2. The zero-order valence-electron chi connectivity index (χ0n) is 13.0. The maximum absolute atomic E-state index is 12.1. The Labute approximate surface area is 139 Å². The third-order valence-electron chi connectivity index (χ3n) is 3.47. The van der Waals surface area contributed by atoms with E-state index in [0.717, 1.165) is 16.7 Å². The zero-order chi connectivity index (χ0) is 17.2. The van der Waals surface area contributed by atoms with Crippen LogP contribution in [0, 0.1) is 25.2 Å². The van der Waals surface area contributed by atoms with Gasteiger partial charge in [0.15, 0.2) is 9.84 Å². The molecule has 1 aromatic carbocycles. The van der Waals surface area contributed by atoms with Crippen LogP contribution in [0.15, 0.2) is 29.2 Å². The van der Waals surface area contributed by atoms with E-state index < -0.39 is 9.84 Å². The number of amides is 1. The highest BCUT2D eigenvalue weighted by molar-refractivity contribution is 7.90. The average Bonchev–Trinajstić information content (AvgIpc) is 2.72. The van der Waals surface area contributed by atoms with E-state index in [0.29, 0.717) is 16.1 Å². The Morgan fingerprint density at radius 1 is 1.26 bits per heavy atom. The number of sulfone groups is 1. The van der Waals surface area contributed by atoms with E-state index in [1.807, 2.05) is 13.8 Å². The van der Waals surface area contributed by atoms with Gasteiger partial charge in [0.25, 0.3) is 0 Å². The smallest absolute Gasteiger partial charge is 0.229 e. The molecule has 5 nitrogen and oxygen atoms in total. The van der Waals surface area contributed by atoms with Gasteiger partial charge in [0.05, 0.1) is 16.9 Å². The summed E-state index contributed by atoms with van der Waals surface area (Å²) in [5.74, 6) is -0.241. The second-order valence-corrected chi connectivity index (χ2v) is 8.48. The molecule has 0 radical (unpaired) electrons. The number of nitrogens with zero attached hydrogens (tertiary/aromatic N) is 1. The number of carbonyl (C=O) groups is 1. The highest BCUT2D eigenvalue weighted by atomic mass is 32.2. The zero-order valence-corrected chi connectivity index (χ0v) is 14.6. The van der Waals surface area contributed by atoms with Crippen LogP contribution in [0.25, 0.3) is 0 Å². The van der Waals surface area contributed by atoms with Gasteiger partial charge in [-0.05, 0) is 37.1 Å². The van der Waals surface area contributed by atoms with E-state index in [4.69, 9.17) is 0 Å². The topological polar surface area (TPSA) is 87.0 Å². The summed E-state index contributed by atoms with van der Waals surface area (Å²) < 4.78 is 22.8. The first-order valence-corrected chi connectivity index (χ1v) is 9.52. The molecule has 0 aliphatic carbocycles. The third kappa shape index (κ3) is 3.97. The van der Waals surface area contributed by atoms with Crippen LogP contribution in [-0.4, -0.2) is 20.6 Å². The van der Waals surface area contributed by atoms with Crippen molar-refractivity contribution in [1.29, 1.82) is 5.26 Å². The van der Waals surface area contributed by atoms with E-state index in [1.54, 1.807) is 12.1 Å². The molecule has 0 saturated heterocycles. The quantitative estimate of drug-likeness (QED) is 0.920. The standard InChI is InChI=1S/C16H16N2O3S2/c1-10-11(2)22-16(14(10)9-17)18-15(19)8-12-4-6-13(7-5-12)23(3,20)21/h4-7H,8H2,1-3H3,(H,18,19). The summed E-state index contributed by atoms with van der Waals surface area (Å²) in [6.45, 7) is 3.75. The van der Waals surface area contributed by atoms with Crippen LogP contribution in [-0.2, 0) is 21.1 Å². The first-order valence-electron chi connectivity index (χ1n) is 6.81. The van der Waals surface area contributed by atoms with Crippen LogP contribution in [0.4, 0.5) is 5.00 Å². The molecule has 2 rings (SSSR count). The lowest BCUT2D eigenvalue weighted by Crippen LogP contribution is -2.14. The van der Waals surface area contributed by atoms with E-state index in [9.17, 15) is 18.5 Å². The molecule has 0 aliphatic heterocycles. The number of hydrogen-bond acceptors (Lipinski definition) is 5. The fourth-order valence-electron chi connectivity index (χ4n) is 2.06. The van der Waals surface area contributed by atoms with Crippen LogP contribution in [0.5, 0.6) is 0 Å². The molecule has 1 aromatic heterocycles. The van der Waals surface area contributed by atoms with Crippen molar-refractivity contribution in [3.63, 3.8) is 0 Å². The number of thiophene rings is 1. The van der Waals surface area contributed by atoms with Crippen LogP contribution >= 0.6 is 11.3 Å². The predicted molar refractivity (Wildman–Crippen MR) is 90.4 cm³/mol. The Morgan fingerprint density at radius 3 is 2.39 bits per heavy atom. The molecule has 0 saturated carbocycles. The van der Waals surface area contributed by atoms with Gasteiger partial charge >= 0.3 is 0 Å². The molecule has 0 fully saturated rings. The summed E-state index contributed by atoms with van der Waals surface area (Å²) in [7, 11) is -3.24. The van der Waals surface area contributed by atoms with Gasteiger partial charge in [-0.3, -0.25) is 4.79 Å². The lowest BCUT2D eigenvalue weighted by molar-refractivity contribution is -0.115. The van der Waals surface area contributed by atoms with Crippen molar-refractivity contribution in [2.75, 3.05) is 11.6 Å². The molecule has 1 heterocycles. The molecule has 1 N–H and O–H groups in total. The summed E-state index contributed by atoms with van der Waals surface area (Å²) in [6, 6.07) is 8.31. The molecule has 2 aromatic rings. The van der Waals surface area contributed by atoms with Gasteiger partial charge in [-0.1, -0.05) is 12.1 Å². The number of carbonyl (C=O) groups excluding carboxylic acids is 1. The first-order chi connectivity index (χ1) is 10.7. The van der Waals surface area contributed by atoms with E-state index in [1.165, 1.54) is 23.5 Å². The van der Waals surface area contributed by atoms with Gasteiger partial charge in [0.1, 0.15) is 11.1 Å². The summed E-state index contributed by atoms with van der Waals surface area (Å²) in [5, 5.41) is 12.5. The number of aryl methyl sites for hydroxylation is 1. The highest BCUT2D eigenvalue weighted by Crippen LogP contribution is 2.31. The van der Waals surface area contributed by atoms with Crippen molar-refractivity contribution < 1.29 is 13.2 Å². The molecule has 120 valence electrons. The molecule has 0 aliphatic rings. The lowest BCUT2D eigenvalue weighted by atomic mass is 10.1. The Hall–Kier alpha value is -2.17. The maximum Gasteiger partial charge on any atom is 0.229 e. The van der Waals surface area contributed by atoms with E-state index in [2.05, 4.69) is 11.4 Å². The number of nitrogens with one attached hydrogen (secondary N) is 1. The average molecular weight is 348 g/mol. The predicted octanol–water partition coefficient (Wildman–Crippen LogP) is 2.82. The molecule has 0 unspecified atom stereocenters. The minimum atomic E-state index is -3.24. The van der Waals surface area contributed by atoms with Crippen LogP contribution in [0.2, 0.25) is 0 Å². The minimum Gasteiger partial charge on any atom is -0.316 e. The second-order valence-electron chi connectivity index (χ2n) is 5.24. The van der Waals surface area contributed by atoms with Crippen LogP contribution < -0.4 is 5.32 Å². The Balaban J connectivity index is 2.12. The van der Waals surface area contributed by atoms with Gasteiger partial charge in [-0.25, -0.2) is 8.42 Å². The largest absolute Gasteiger partial charge is 0.316 e. The van der Waals surface area contributed by atoms with E-state index in [-0.39, 0.29) is 17.2 Å². The summed E-state index contributed by atoms with van der Waals surface area (Å²) in [4.78, 5) is 13.3. The number of hydrogen-bond donors (Lipinski definition) is 1. The fourth-order valence-corrected chi connectivity index (χ4v) is 3.72. The van der Waals surface area contributed by atoms with Gasteiger partial charge in [0.2, 0.25) is 5.91 Å². The van der Waals surface area contributed by atoms with Crippen molar-refractivity contribution in [2.45, 2.75) is 25.2 Å². The number of rotatable bonds is 4. The summed E-state index contributed by atoms with van der Waals surface area (Å²) in [5.41, 5.74) is 2.08. The van der Waals surface area contributed by atoms with Gasteiger partial charge in [-0.2, -0.15) is 5.26 Å². The Bertz CT molecular complexity index is 889. The second kappa shape index (κ2) is 6.52. The summed E-state index contributed by atoms with van der Waals surface area (Å²) in [6.07, 6.45) is 1.25. The number of anilines is 1. The third-order valence-corrected chi connectivity index (χ3v) is 5.72. The number of benzene rings is 1. The molecular weight excluding hydrogens is 332 g/mol. The minimum absolute atomic E-state index is 0.116. The van der Waals surface area contributed by atoms with Crippen molar-refractivity contribution in [3.8, 4) is 6.07 Å². The summed E-state index contributed by atoms with van der Waals surface area (Å²) >= 11 is 1.38. The molecule has 1 amide bonds. The maximum atomic E-state index is 12.1. The molecule has 0 atom stereocenters. The fraction of sp³-hybridized carbons (Fsp3) is 0.250. The SMILES string of the molecule is Cc1sc(NC(=O)Cc2ccc(S(C)(=O)=O)cc2)c(C#N)c1C. The van der Waals surface area contributed by atoms with Gasteiger partial charge < -0.3 is 5.32 Å².